The quantitative estimate of drug-likeness (QED) is 0.376. The molecule has 0 bridgehead atoms. The van der Waals surface area contributed by atoms with Gasteiger partial charge in [-0.1, -0.05) is 31.5 Å². The highest BCUT2D eigenvalue weighted by Crippen LogP contribution is 2.30. The lowest BCUT2D eigenvalue weighted by Gasteiger charge is -2.16. The van der Waals surface area contributed by atoms with Crippen LogP contribution >= 0.6 is 11.6 Å². The number of fused-ring (bicyclic) bond motifs is 1. The molecule has 0 fully saturated rings. The Morgan fingerprint density at radius 2 is 2.03 bits per heavy atom. The molecule has 1 atom stereocenters. The lowest BCUT2D eigenvalue weighted by atomic mass is 10.1. The van der Waals surface area contributed by atoms with Crippen LogP contribution in [0.15, 0.2) is 49.1 Å². The molecule has 0 saturated carbocycles. The second kappa shape index (κ2) is 10.0. The molecule has 11 heteroatoms. The van der Waals surface area contributed by atoms with E-state index in [9.17, 15) is 13.6 Å². The summed E-state index contributed by atoms with van der Waals surface area (Å²) < 4.78 is 30.3. The Morgan fingerprint density at radius 3 is 2.77 bits per heavy atom. The normalized spacial score (nSPS) is 11.9. The smallest absolute Gasteiger partial charge is 0.255 e. The molecule has 0 aliphatic carbocycles. The third-order valence-corrected chi connectivity index (χ3v) is 5.51. The van der Waals surface area contributed by atoms with Crippen LogP contribution in [0.25, 0.3) is 16.9 Å². The third kappa shape index (κ3) is 5.05. The van der Waals surface area contributed by atoms with Gasteiger partial charge >= 0.3 is 0 Å². The minimum atomic E-state index is -1.23. The number of alkyl halides is 1. The zero-order valence-electron chi connectivity index (χ0n) is 18.8. The molecule has 3 aromatic heterocycles. The Kier molecular flexibility index (Phi) is 6.89. The first kappa shape index (κ1) is 24.0. The van der Waals surface area contributed by atoms with E-state index in [0.29, 0.717) is 21.9 Å². The van der Waals surface area contributed by atoms with Crippen LogP contribution < -0.4 is 10.6 Å². The predicted octanol–water partition coefficient (Wildman–Crippen LogP) is 4.92. The molecule has 0 spiro atoms. The molecule has 4 rings (SSSR count). The van der Waals surface area contributed by atoms with Crippen molar-refractivity contribution in [2.75, 3.05) is 11.9 Å². The van der Waals surface area contributed by atoms with Crippen LogP contribution in [0, 0.1) is 23.1 Å². The van der Waals surface area contributed by atoms with Crippen molar-refractivity contribution in [3.8, 4) is 17.3 Å². The highest BCUT2D eigenvalue weighted by Gasteiger charge is 2.20. The van der Waals surface area contributed by atoms with Gasteiger partial charge in [-0.15, -0.1) is 0 Å². The third-order valence-electron chi connectivity index (χ3n) is 5.32. The molecule has 0 aliphatic rings. The number of hydrogen-bond acceptors (Lipinski definition) is 6. The fraction of sp³-hybridized carbons (Fsp3) is 0.208. The van der Waals surface area contributed by atoms with E-state index < -0.39 is 17.9 Å². The number of halogens is 3. The van der Waals surface area contributed by atoms with E-state index in [0.717, 1.165) is 0 Å². The fourth-order valence-electron chi connectivity index (χ4n) is 3.30. The summed E-state index contributed by atoms with van der Waals surface area (Å²) in [6.07, 6.45) is 4.66. The number of carbonyl (C=O) groups is 1. The molecule has 3 heterocycles. The van der Waals surface area contributed by atoms with Gasteiger partial charge in [-0.05, 0) is 24.1 Å². The first-order valence-electron chi connectivity index (χ1n) is 10.7. The second-order valence-corrected chi connectivity index (χ2v) is 8.52. The van der Waals surface area contributed by atoms with Gasteiger partial charge in [-0.2, -0.15) is 10.4 Å². The first-order valence-corrected chi connectivity index (χ1v) is 11.0. The molecule has 0 saturated heterocycles. The van der Waals surface area contributed by atoms with Crippen LogP contribution in [0.5, 0.6) is 0 Å². The van der Waals surface area contributed by atoms with Crippen molar-refractivity contribution in [3.05, 3.63) is 71.0 Å². The van der Waals surface area contributed by atoms with Gasteiger partial charge in [0.05, 0.1) is 51.2 Å². The van der Waals surface area contributed by atoms with Crippen molar-refractivity contribution in [2.24, 2.45) is 5.92 Å². The van der Waals surface area contributed by atoms with Crippen molar-refractivity contribution in [1.82, 2.24) is 24.9 Å². The van der Waals surface area contributed by atoms with Crippen LogP contribution in [-0.4, -0.2) is 38.2 Å². The summed E-state index contributed by atoms with van der Waals surface area (Å²) in [5, 5.41) is 19.2. The van der Waals surface area contributed by atoms with Crippen molar-refractivity contribution >= 4 is 34.5 Å². The molecule has 4 aromatic rings. The molecule has 178 valence electrons. The SMILES string of the molecule is CC(C)C(F)CNC(=O)c1cnc(-c2cnn3cc(Cl)cnc23)cc1Nc1cccc(C#N)c1F. The van der Waals surface area contributed by atoms with Crippen LogP contribution in [0.2, 0.25) is 5.02 Å². The minimum Gasteiger partial charge on any atom is -0.352 e. The Balaban J connectivity index is 1.76. The lowest BCUT2D eigenvalue weighted by molar-refractivity contribution is 0.0935. The number of benzene rings is 1. The summed E-state index contributed by atoms with van der Waals surface area (Å²) in [6.45, 7) is 3.24. The van der Waals surface area contributed by atoms with E-state index in [1.54, 1.807) is 26.1 Å². The lowest BCUT2D eigenvalue weighted by Crippen LogP contribution is -2.32. The van der Waals surface area contributed by atoms with E-state index in [1.807, 2.05) is 0 Å². The van der Waals surface area contributed by atoms with Crippen molar-refractivity contribution in [3.63, 3.8) is 0 Å². The number of amides is 1. The molecular weight excluding hydrogens is 476 g/mol. The topological polar surface area (TPSA) is 108 Å². The zero-order valence-corrected chi connectivity index (χ0v) is 19.5. The summed E-state index contributed by atoms with van der Waals surface area (Å²) in [5.41, 5.74) is 1.53. The molecule has 35 heavy (non-hydrogen) atoms. The Hall–Kier alpha value is -4.10. The number of aromatic nitrogens is 4. The Labute approximate surface area is 204 Å². The molecule has 0 aliphatic heterocycles. The largest absolute Gasteiger partial charge is 0.352 e. The average molecular weight is 496 g/mol. The van der Waals surface area contributed by atoms with E-state index >= 15 is 0 Å². The number of nitrogens with zero attached hydrogens (tertiary/aromatic N) is 5. The summed E-state index contributed by atoms with van der Waals surface area (Å²) >= 11 is 5.98. The monoisotopic (exact) mass is 495 g/mol. The van der Waals surface area contributed by atoms with Gasteiger partial charge in [0.25, 0.3) is 5.91 Å². The van der Waals surface area contributed by atoms with E-state index in [4.69, 9.17) is 16.9 Å². The molecule has 1 unspecified atom stereocenters. The first-order chi connectivity index (χ1) is 16.8. The summed E-state index contributed by atoms with van der Waals surface area (Å²) in [5.74, 6) is -1.63. The molecule has 2 N–H and O–H groups in total. The minimum absolute atomic E-state index is 0.00873. The average Bonchev–Trinajstić information content (AvgIpc) is 3.26. The molecular formula is C24H20ClF2N7O. The standard InChI is InChI=1S/C24H20ClF2N7O/c1-13(2)18(26)11-31-24(35)17-9-29-20(16-10-32-34-12-15(25)8-30-23(16)34)6-21(17)33-19-5-3-4-14(7-28)22(19)27/h3-6,8-10,12-13,18H,11H2,1-2H3,(H,29,33)(H,31,35). The van der Waals surface area contributed by atoms with Gasteiger partial charge in [0.2, 0.25) is 0 Å². The van der Waals surface area contributed by atoms with Gasteiger partial charge < -0.3 is 10.6 Å². The Bertz CT molecular complexity index is 1450. The molecule has 0 radical (unpaired) electrons. The van der Waals surface area contributed by atoms with Gasteiger partial charge in [0.15, 0.2) is 11.5 Å². The zero-order chi connectivity index (χ0) is 25.1. The summed E-state index contributed by atoms with van der Waals surface area (Å²) in [4.78, 5) is 21.5. The van der Waals surface area contributed by atoms with Gasteiger partial charge in [-0.3, -0.25) is 9.78 Å². The highest BCUT2D eigenvalue weighted by atomic mass is 35.5. The number of pyridine rings is 1. The van der Waals surface area contributed by atoms with Crippen LogP contribution in [-0.2, 0) is 0 Å². The van der Waals surface area contributed by atoms with Crippen LogP contribution in [0.3, 0.4) is 0 Å². The Morgan fingerprint density at radius 1 is 1.23 bits per heavy atom. The highest BCUT2D eigenvalue weighted by molar-refractivity contribution is 6.30. The van der Waals surface area contributed by atoms with Gasteiger partial charge in [0.1, 0.15) is 12.2 Å². The number of hydrogen-bond donors (Lipinski definition) is 2. The van der Waals surface area contributed by atoms with Gasteiger partial charge in [0, 0.05) is 18.9 Å². The van der Waals surface area contributed by atoms with Crippen molar-refractivity contribution < 1.29 is 13.6 Å². The van der Waals surface area contributed by atoms with Crippen LogP contribution in [0.4, 0.5) is 20.2 Å². The fourth-order valence-corrected chi connectivity index (χ4v) is 3.44. The molecule has 1 aromatic carbocycles. The molecule has 8 nitrogen and oxygen atoms in total. The van der Waals surface area contributed by atoms with Crippen LogP contribution in [0.1, 0.15) is 29.8 Å². The number of anilines is 2. The number of rotatable bonds is 7. The van der Waals surface area contributed by atoms with E-state index in [-0.39, 0.29) is 35.0 Å². The maximum Gasteiger partial charge on any atom is 0.255 e. The summed E-state index contributed by atoms with van der Waals surface area (Å²) in [7, 11) is 0. The van der Waals surface area contributed by atoms with Gasteiger partial charge in [-0.25, -0.2) is 18.3 Å². The van der Waals surface area contributed by atoms with E-state index in [2.05, 4.69) is 25.7 Å². The van der Waals surface area contributed by atoms with Crippen molar-refractivity contribution in [2.45, 2.75) is 20.0 Å². The number of nitriles is 1. The predicted molar refractivity (Wildman–Crippen MR) is 128 cm³/mol. The second-order valence-electron chi connectivity index (χ2n) is 8.09. The molecule has 1 amide bonds. The van der Waals surface area contributed by atoms with E-state index in [1.165, 1.54) is 47.4 Å². The number of nitrogens with one attached hydrogen (secondary N) is 2. The maximum absolute atomic E-state index is 14.8. The summed E-state index contributed by atoms with van der Waals surface area (Å²) in [6, 6.07) is 7.62. The maximum atomic E-state index is 14.8. The number of carbonyl (C=O) groups excluding carboxylic acids is 1. The van der Waals surface area contributed by atoms with Crippen molar-refractivity contribution in [1.29, 1.82) is 5.26 Å².